The van der Waals surface area contributed by atoms with E-state index in [1.165, 1.54) is 24.7 Å². The highest BCUT2D eigenvalue weighted by molar-refractivity contribution is 7.10. The molecule has 0 radical (unpaired) electrons. The number of esters is 2. The molecule has 6 heteroatoms. The molecule has 2 aromatic rings. The van der Waals surface area contributed by atoms with Crippen LogP contribution in [-0.2, 0) is 22.4 Å². The van der Waals surface area contributed by atoms with E-state index in [9.17, 15) is 9.59 Å². The Hall–Kier alpha value is -2.08. The van der Waals surface area contributed by atoms with Crippen LogP contribution < -0.4 is 0 Å². The lowest BCUT2D eigenvalue weighted by atomic mass is 10.0. The van der Waals surface area contributed by atoms with Crippen LogP contribution in [0.15, 0.2) is 11.4 Å². The first-order valence-electron chi connectivity index (χ1n) is 6.52. The van der Waals surface area contributed by atoms with Crippen LogP contribution in [0.25, 0.3) is 0 Å². The Balaban J connectivity index is 2.23. The van der Waals surface area contributed by atoms with Crippen molar-refractivity contribution < 1.29 is 19.1 Å². The summed E-state index contributed by atoms with van der Waals surface area (Å²) in [5.74, 6) is -0.995. The van der Waals surface area contributed by atoms with Gasteiger partial charge in [0.1, 0.15) is 0 Å². The van der Waals surface area contributed by atoms with E-state index >= 15 is 0 Å². The highest BCUT2D eigenvalue weighted by Crippen LogP contribution is 2.34. The molecule has 110 valence electrons. The summed E-state index contributed by atoms with van der Waals surface area (Å²) in [4.78, 5) is 25.4. The van der Waals surface area contributed by atoms with Crippen molar-refractivity contribution in [2.75, 3.05) is 14.2 Å². The lowest BCUT2D eigenvalue weighted by Gasteiger charge is -2.18. The number of aromatic nitrogens is 1. The number of thiophene rings is 1. The number of methoxy groups -OCH3 is 2. The largest absolute Gasteiger partial charge is 0.465 e. The first kappa shape index (κ1) is 13.9. The maximum atomic E-state index is 12.2. The van der Waals surface area contributed by atoms with Crippen molar-refractivity contribution in [2.45, 2.75) is 19.9 Å². The smallest absolute Gasteiger partial charge is 0.340 e. The highest BCUT2D eigenvalue weighted by Gasteiger charge is 2.33. The molecule has 0 saturated heterocycles. The third-order valence-electron chi connectivity index (χ3n) is 3.90. The second kappa shape index (κ2) is 5.04. The van der Waals surface area contributed by atoms with Crippen molar-refractivity contribution in [3.05, 3.63) is 44.4 Å². The van der Waals surface area contributed by atoms with Gasteiger partial charge in [-0.15, -0.1) is 11.3 Å². The van der Waals surface area contributed by atoms with Gasteiger partial charge < -0.3 is 14.0 Å². The molecule has 1 aliphatic rings. The number of hydrogen-bond donors (Lipinski definition) is 0. The molecular weight excluding hydrogens is 290 g/mol. The van der Waals surface area contributed by atoms with Gasteiger partial charge in [-0.3, -0.25) is 0 Å². The zero-order valence-corrected chi connectivity index (χ0v) is 12.9. The van der Waals surface area contributed by atoms with Crippen LogP contribution in [0.2, 0.25) is 0 Å². The standard InChI is InChI=1S/C15H15NO4S/c1-8-12(14(17)19-2)13(15(18)20-3)10-6-11-9(4-5-21-11)7-16(8)10/h4-5H,6-7H2,1-3H3. The predicted molar refractivity (Wildman–Crippen MR) is 78.1 cm³/mol. The van der Waals surface area contributed by atoms with Gasteiger partial charge in [0.2, 0.25) is 0 Å². The summed E-state index contributed by atoms with van der Waals surface area (Å²) in [7, 11) is 2.64. The van der Waals surface area contributed by atoms with Gasteiger partial charge >= 0.3 is 11.9 Å². The molecule has 1 aliphatic heterocycles. The number of carbonyl (C=O) groups excluding carboxylic acids is 2. The Bertz CT molecular complexity index is 741. The summed E-state index contributed by atoms with van der Waals surface area (Å²) in [6.45, 7) is 2.50. The summed E-state index contributed by atoms with van der Waals surface area (Å²) < 4.78 is 11.7. The average molecular weight is 305 g/mol. The highest BCUT2D eigenvalue weighted by atomic mass is 32.1. The molecule has 3 heterocycles. The van der Waals surface area contributed by atoms with E-state index in [0.717, 1.165) is 11.4 Å². The fourth-order valence-corrected chi connectivity index (χ4v) is 3.76. The number of nitrogens with zero attached hydrogens (tertiary/aromatic N) is 1. The van der Waals surface area contributed by atoms with E-state index < -0.39 is 11.9 Å². The topological polar surface area (TPSA) is 57.5 Å². The minimum Gasteiger partial charge on any atom is -0.465 e. The molecule has 0 atom stereocenters. The minimum atomic E-state index is -0.502. The molecule has 0 aromatic carbocycles. The Morgan fingerprint density at radius 3 is 2.52 bits per heavy atom. The third kappa shape index (κ3) is 1.98. The molecule has 0 unspecified atom stereocenters. The average Bonchev–Trinajstić information content (AvgIpc) is 3.06. The van der Waals surface area contributed by atoms with Crippen molar-refractivity contribution in [1.29, 1.82) is 0 Å². The van der Waals surface area contributed by atoms with Gasteiger partial charge in [-0.05, 0) is 23.9 Å². The fraction of sp³-hybridized carbons (Fsp3) is 0.333. The van der Waals surface area contributed by atoms with Crippen LogP contribution in [0.5, 0.6) is 0 Å². The Morgan fingerprint density at radius 2 is 1.86 bits per heavy atom. The summed E-state index contributed by atoms with van der Waals surface area (Å²) in [6.07, 6.45) is 0.634. The minimum absolute atomic E-state index is 0.314. The summed E-state index contributed by atoms with van der Waals surface area (Å²) in [5, 5.41) is 2.05. The lowest BCUT2D eigenvalue weighted by Crippen LogP contribution is -2.15. The van der Waals surface area contributed by atoms with E-state index in [1.54, 1.807) is 11.3 Å². The molecular formula is C15H15NO4S. The Kier molecular flexibility index (Phi) is 3.33. The molecule has 0 spiro atoms. The van der Waals surface area contributed by atoms with Crippen LogP contribution >= 0.6 is 11.3 Å². The molecule has 0 N–H and O–H groups in total. The van der Waals surface area contributed by atoms with Crippen molar-refractivity contribution in [1.82, 2.24) is 4.57 Å². The van der Waals surface area contributed by atoms with Crippen LogP contribution in [0.4, 0.5) is 0 Å². The molecule has 5 nitrogen and oxygen atoms in total. The van der Waals surface area contributed by atoms with Gasteiger partial charge in [0.15, 0.2) is 0 Å². The van der Waals surface area contributed by atoms with Crippen molar-refractivity contribution in [3.63, 3.8) is 0 Å². The quantitative estimate of drug-likeness (QED) is 0.682. The molecule has 0 aliphatic carbocycles. The second-order valence-corrected chi connectivity index (χ2v) is 5.90. The van der Waals surface area contributed by atoms with Crippen molar-refractivity contribution in [3.8, 4) is 0 Å². The maximum Gasteiger partial charge on any atom is 0.340 e. The van der Waals surface area contributed by atoms with E-state index in [-0.39, 0.29) is 0 Å². The monoisotopic (exact) mass is 305 g/mol. The summed E-state index contributed by atoms with van der Waals surface area (Å²) >= 11 is 1.66. The summed E-state index contributed by atoms with van der Waals surface area (Å²) in [5.41, 5.74) is 3.46. The molecule has 0 bridgehead atoms. The van der Waals surface area contributed by atoms with Crippen LogP contribution in [0.1, 0.15) is 42.5 Å². The first-order valence-corrected chi connectivity index (χ1v) is 7.40. The number of carbonyl (C=O) groups is 2. The van der Waals surface area contributed by atoms with E-state index in [2.05, 4.69) is 6.07 Å². The van der Waals surface area contributed by atoms with Gasteiger partial charge in [0.05, 0.1) is 25.3 Å². The van der Waals surface area contributed by atoms with Crippen LogP contribution in [0.3, 0.4) is 0 Å². The van der Waals surface area contributed by atoms with Gasteiger partial charge in [-0.1, -0.05) is 0 Å². The van der Waals surface area contributed by atoms with E-state index in [0.29, 0.717) is 24.1 Å². The second-order valence-electron chi connectivity index (χ2n) is 4.90. The number of fused-ring (bicyclic) bond motifs is 2. The molecule has 2 aromatic heterocycles. The lowest BCUT2D eigenvalue weighted by molar-refractivity contribution is 0.0555. The number of rotatable bonds is 2. The maximum absolute atomic E-state index is 12.2. The molecule has 0 saturated carbocycles. The van der Waals surface area contributed by atoms with Crippen molar-refractivity contribution >= 4 is 23.3 Å². The summed E-state index contributed by atoms with van der Waals surface area (Å²) in [6, 6.07) is 2.08. The first-order chi connectivity index (χ1) is 10.1. The van der Waals surface area contributed by atoms with Gasteiger partial charge in [0.25, 0.3) is 0 Å². The fourth-order valence-electron chi connectivity index (χ4n) is 2.85. The molecule has 0 amide bonds. The number of hydrogen-bond acceptors (Lipinski definition) is 5. The SMILES string of the molecule is COC(=O)c1c(C(=O)OC)c2n(c1C)Cc1ccsc1C2. The third-order valence-corrected chi connectivity index (χ3v) is 4.87. The van der Waals surface area contributed by atoms with Gasteiger partial charge in [0, 0.05) is 29.2 Å². The van der Waals surface area contributed by atoms with E-state index in [1.807, 2.05) is 16.9 Å². The molecule has 3 rings (SSSR count). The Morgan fingerprint density at radius 1 is 1.19 bits per heavy atom. The van der Waals surface area contributed by atoms with Crippen LogP contribution in [0, 0.1) is 6.92 Å². The molecule has 0 fully saturated rings. The van der Waals surface area contributed by atoms with Gasteiger partial charge in [-0.2, -0.15) is 0 Å². The normalized spacial score (nSPS) is 12.5. The Labute approximate surface area is 126 Å². The van der Waals surface area contributed by atoms with Crippen LogP contribution in [-0.4, -0.2) is 30.7 Å². The van der Waals surface area contributed by atoms with Crippen molar-refractivity contribution in [2.24, 2.45) is 0 Å². The van der Waals surface area contributed by atoms with E-state index in [4.69, 9.17) is 9.47 Å². The predicted octanol–water partition coefficient (Wildman–Crippen LogP) is 2.38. The zero-order chi connectivity index (χ0) is 15.1. The van der Waals surface area contributed by atoms with Gasteiger partial charge in [-0.25, -0.2) is 9.59 Å². The molecule has 21 heavy (non-hydrogen) atoms. The zero-order valence-electron chi connectivity index (χ0n) is 12.1. The number of ether oxygens (including phenoxy) is 2.